The summed E-state index contributed by atoms with van der Waals surface area (Å²) in [5.41, 5.74) is 2.07. The zero-order valence-electron chi connectivity index (χ0n) is 17.8. The maximum atomic E-state index is 13.0. The summed E-state index contributed by atoms with van der Waals surface area (Å²) in [4.78, 5) is 20.0. The lowest BCUT2D eigenvalue weighted by atomic mass is 10.1. The normalized spacial score (nSPS) is 22.1. The Labute approximate surface area is 168 Å². The summed E-state index contributed by atoms with van der Waals surface area (Å²) in [6, 6.07) is 10.1. The van der Waals surface area contributed by atoms with Crippen LogP contribution in [0.1, 0.15) is 50.5 Å². The van der Waals surface area contributed by atoms with Crippen molar-refractivity contribution in [2.75, 3.05) is 39.3 Å². The van der Waals surface area contributed by atoms with Gasteiger partial charge in [0.25, 0.3) is 5.91 Å². The van der Waals surface area contributed by atoms with Gasteiger partial charge in [-0.2, -0.15) is 0 Å². The van der Waals surface area contributed by atoms with E-state index in [0.29, 0.717) is 18.1 Å². The van der Waals surface area contributed by atoms with E-state index in [1.165, 1.54) is 23.9 Å². The fourth-order valence-corrected chi connectivity index (χ4v) is 4.70. The summed E-state index contributed by atoms with van der Waals surface area (Å²) in [5, 5.41) is 1.18. The smallest absolute Gasteiger partial charge is 0.253 e. The second-order valence-corrected chi connectivity index (χ2v) is 8.95. The van der Waals surface area contributed by atoms with E-state index in [1.807, 2.05) is 11.0 Å². The Kier molecular flexibility index (Phi) is 5.48. The van der Waals surface area contributed by atoms with Crippen LogP contribution in [0, 0.1) is 0 Å². The van der Waals surface area contributed by atoms with Gasteiger partial charge in [0.2, 0.25) is 0 Å². The number of fused-ring (bicyclic) bond motifs is 1. The molecule has 1 aromatic heterocycles. The summed E-state index contributed by atoms with van der Waals surface area (Å²) in [7, 11) is 0. The van der Waals surface area contributed by atoms with Crippen LogP contribution in [0.5, 0.6) is 0 Å². The topological polar surface area (TPSA) is 31.7 Å². The fraction of sp³-hybridized carbons (Fsp3) is 0.609. The first-order valence-corrected chi connectivity index (χ1v) is 10.8. The number of hydrogen-bond donors (Lipinski definition) is 0. The summed E-state index contributed by atoms with van der Waals surface area (Å²) in [5.74, 6) is 0.171. The Morgan fingerprint density at radius 3 is 2.29 bits per heavy atom. The quantitative estimate of drug-likeness (QED) is 0.812. The Morgan fingerprint density at radius 2 is 1.64 bits per heavy atom. The molecular formula is C23H34N4O. The minimum absolute atomic E-state index is 0.171. The highest BCUT2D eigenvalue weighted by Gasteiger charge is 2.27. The fourth-order valence-electron chi connectivity index (χ4n) is 4.70. The molecule has 0 radical (unpaired) electrons. The minimum Gasteiger partial charge on any atom is -0.343 e. The van der Waals surface area contributed by atoms with Crippen LogP contribution in [0.2, 0.25) is 0 Å². The van der Waals surface area contributed by atoms with E-state index in [2.05, 4.69) is 66.5 Å². The monoisotopic (exact) mass is 382 g/mol. The van der Waals surface area contributed by atoms with E-state index >= 15 is 0 Å². The Balaban J connectivity index is 1.48. The summed E-state index contributed by atoms with van der Waals surface area (Å²) < 4.78 is 2.41. The molecule has 3 heterocycles. The molecule has 2 saturated heterocycles. The molecule has 1 aromatic carbocycles. The van der Waals surface area contributed by atoms with Crippen LogP contribution >= 0.6 is 0 Å². The van der Waals surface area contributed by atoms with Gasteiger partial charge in [0.05, 0.1) is 0 Å². The van der Waals surface area contributed by atoms with E-state index in [0.717, 1.165) is 38.3 Å². The van der Waals surface area contributed by atoms with Gasteiger partial charge >= 0.3 is 0 Å². The molecule has 0 bridgehead atoms. The molecule has 2 fully saturated rings. The predicted molar refractivity (Wildman–Crippen MR) is 115 cm³/mol. The summed E-state index contributed by atoms with van der Waals surface area (Å²) in [6.07, 6.45) is 3.40. The molecule has 0 N–H and O–H groups in total. The van der Waals surface area contributed by atoms with E-state index in [4.69, 9.17) is 0 Å². The first kappa shape index (κ1) is 19.5. The third-order valence-corrected chi connectivity index (χ3v) is 6.62. The van der Waals surface area contributed by atoms with E-state index < -0.39 is 0 Å². The number of aromatic nitrogens is 1. The number of likely N-dealkylation sites (tertiary alicyclic amines) is 1. The van der Waals surface area contributed by atoms with Crippen LogP contribution in [0.4, 0.5) is 0 Å². The lowest BCUT2D eigenvalue weighted by Gasteiger charge is -2.37. The molecule has 5 nitrogen and oxygen atoms in total. The standard InChI is InChI=1S/C23H34N4O/c1-17(2)24-11-13-25(14-12-24)23(28)20-5-6-22-19(15-20)7-10-27(22)21-8-9-26(16-21)18(3)4/h5-7,10,15,17-18,21H,8-9,11-14,16H2,1-4H3. The third kappa shape index (κ3) is 3.70. The zero-order chi connectivity index (χ0) is 19.8. The number of benzene rings is 1. The summed E-state index contributed by atoms with van der Waals surface area (Å²) in [6.45, 7) is 14.9. The number of nitrogens with zero attached hydrogens (tertiary/aromatic N) is 4. The van der Waals surface area contributed by atoms with Gasteiger partial charge in [-0.1, -0.05) is 0 Å². The van der Waals surface area contributed by atoms with Gasteiger partial charge in [-0.05, 0) is 58.4 Å². The number of rotatable bonds is 4. The Hall–Kier alpha value is -1.85. The van der Waals surface area contributed by atoms with Crippen LogP contribution in [0.25, 0.3) is 10.9 Å². The highest BCUT2D eigenvalue weighted by molar-refractivity contribution is 5.98. The molecule has 1 amide bonds. The SMILES string of the molecule is CC(C)N1CCN(C(=O)c2ccc3c(ccn3C3CCN(C(C)C)C3)c2)CC1. The molecule has 2 aliphatic rings. The van der Waals surface area contributed by atoms with Crippen molar-refractivity contribution in [3.05, 3.63) is 36.0 Å². The first-order valence-electron chi connectivity index (χ1n) is 10.8. The minimum atomic E-state index is 0.171. The van der Waals surface area contributed by atoms with Gasteiger partial charge in [0, 0.05) is 80.1 Å². The van der Waals surface area contributed by atoms with Crippen LogP contribution in [0.15, 0.2) is 30.5 Å². The number of piperazine rings is 1. The molecule has 28 heavy (non-hydrogen) atoms. The Bertz CT molecular complexity index is 832. The van der Waals surface area contributed by atoms with E-state index in [9.17, 15) is 4.79 Å². The molecule has 0 aliphatic carbocycles. The zero-order valence-corrected chi connectivity index (χ0v) is 17.8. The molecule has 152 valence electrons. The van der Waals surface area contributed by atoms with Crippen LogP contribution in [0.3, 0.4) is 0 Å². The second-order valence-electron chi connectivity index (χ2n) is 8.95. The van der Waals surface area contributed by atoms with Gasteiger partial charge in [-0.3, -0.25) is 14.6 Å². The van der Waals surface area contributed by atoms with Crippen molar-refractivity contribution in [3.63, 3.8) is 0 Å². The molecular weight excluding hydrogens is 348 g/mol. The maximum Gasteiger partial charge on any atom is 0.253 e. The van der Waals surface area contributed by atoms with Gasteiger partial charge < -0.3 is 9.47 Å². The maximum absolute atomic E-state index is 13.0. The first-order chi connectivity index (χ1) is 13.4. The average molecular weight is 383 g/mol. The molecule has 4 rings (SSSR count). The summed E-state index contributed by atoms with van der Waals surface area (Å²) >= 11 is 0. The highest BCUT2D eigenvalue weighted by Crippen LogP contribution is 2.29. The van der Waals surface area contributed by atoms with Crippen molar-refractivity contribution in [1.82, 2.24) is 19.3 Å². The Morgan fingerprint density at radius 1 is 0.929 bits per heavy atom. The van der Waals surface area contributed by atoms with Crippen molar-refractivity contribution in [2.45, 2.75) is 52.2 Å². The van der Waals surface area contributed by atoms with Crippen molar-refractivity contribution in [2.24, 2.45) is 0 Å². The molecule has 0 spiro atoms. The van der Waals surface area contributed by atoms with Crippen LogP contribution in [-0.2, 0) is 0 Å². The van der Waals surface area contributed by atoms with Gasteiger partial charge in [0.1, 0.15) is 0 Å². The largest absolute Gasteiger partial charge is 0.343 e. The van der Waals surface area contributed by atoms with Crippen molar-refractivity contribution < 1.29 is 4.79 Å². The van der Waals surface area contributed by atoms with E-state index in [1.54, 1.807) is 0 Å². The van der Waals surface area contributed by atoms with Crippen molar-refractivity contribution in [1.29, 1.82) is 0 Å². The van der Waals surface area contributed by atoms with Crippen LogP contribution < -0.4 is 0 Å². The van der Waals surface area contributed by atoms with Crippen LogP contribution in [-0.4, -0.2) is 76.5 Å². The molecule has 1 unspecified atom stereocenters. The molecule has 1 atom stereocenters. The van der Waals surface area contributed by atoms with Crippen molar-refractivity contribution in [3.8, 4) is 0 Å². The second kappa shape index (κ2) is 7.88. The van der Waals surface area contributed by atoms with Gasteiger partial charge in [-0.15, -0.1) is 0 Å². The lowest BCUT2D eigenvalue weighted by molar-refractivity contribution is 0.0595. The average Bonchev–Trinajstić information content (AvgIpc) is 3.33. The molecule has 2 aliphatic heterocycles. The lowest BCUT2D eigenvalue weighted by Crippen LogP contribution is -2.50. The molecule has 2 aromatic rings. The number of carbonyl (C=O) groups is 1. The molecule has 5 heteroatoms. The van der Waals surface area contributed by atoms with E-state index in [-0.39, 0.29) is 5.91 Å². The number of amides is 1. The third-order valence-electron chi connectivity index (χ3n) is 6.62. The molecule has 0 saturated carbocycles. The number of hydrogen-bond acceptors (Lipinski definition) is 3. The van der Waals surface area contributed by atoms with Crippen molar-refractivity contribution >= 4 is 16.8 Å². The highest BCUT2D eigenvalue weighted by atomic mass is 16.2. The van der Waals surface area contributed by atoms with Gasteiger partial charge in [0.15, 0.2) is 0 Å². The van der Waals surface area contributed by atoms with Gasteiger partial charge in [-0.25, -0.2) is 0 Å². The predicted octanol–water partition coefficient (Wildman–Crippen LogP) is 3.46. The number of carbonyl (C=O) groups excluding carboxylic acids is 1.